The fourth-order valence-corrected chi connectivity index (χ4v) is 1.84. The van der Waals surface area contributed by atoms with E-state index >= 15 is 0 Å². The van der Waals surface area contributed by atoms with Crippen LogP contribution in [-0.2, 0) is 4.74 Å². The Balaban J connectivity index is 2.74. The number of aliphatic hydroxyl groups excluding tert-OH is 1. The van der Waals surface area contributed by atoms with E-state index in [9.17, 15) is 0 Å². The number of rotatable bonds is 3. The van der Waals surface area contributed by atoms with Crippen LogP contribution in [0.2, 0.25) is 0 Å². The largest absolute Gasteiger partial charge is 0.394 e. The molecule has 0 aromatic heterocycles. The molecule has 0 aromatic carbocycles. The van der Waals surface area contributed by atoms with Gasteiger partial charge < -0.3 is 9.84 Å². The number of hydrogen-bond acceptors (Lipinski definition) is 2. The summed E-state index contributed by atoms with van der Waals surface area (Å²) in [6.07, 6.45) is 3.77. The van der Waals surface area contributed by atoms with Gasteiger partial charge in [0.05, 0.1) is 18.8 Å². The van der Waals surface area contributed by atoms with Crippen molar-refractivity contribution in [2.75, 3.05) is 6.61 Å². The topological polar surface area (TPSA) is 29.5 Å². The maximum atomic E-state index is 8.99. The van der Waals surface area contributed by atoms with Gasteiger partial charge in [-0.15, -0.1) is 13.2 Å². The first-order chi connectivity index (χ1) is 5.74. The van der Waals surface area contributed by atoms with E-state index in [2.05, 4.69) is 13.2 Å². The lowest BCUT2D eigenvalue weighted by atomic mass is 9.88. The number of hydrogen-bond donors (Lipinski definition) is 1. The summed E-state index contributed by atoms with van der Waals surface area (Å²) in [4.78, 5) is 0. The predicted molar refractivity (Wildman–Crippen MR) is 48.8 cm³/mol. The first kappa shape index (κ1) is 9.49. The summed E-state index contributed by atoms with van der Waals surface area (Å²) in [6.45, 7) is 9.54. The maximum absolute atomic E-state index is 8.99. The van der Waals surface area contributed by atoms with Crippen LogP contribution < -0.4 is 0 Å². The van der Waals surface area contributed by atoms with Gasteiger partial charge in [-0.05, 0) is 6.92 Å². The molecule has 1 rings (SSSR count). The van der Waals surface area contributed by atoms with E-state index in [1.165, 1.54) is 0 Å². The zero-order chi connectivity index (χ0) is 9.14. The Morgan fingerprint density at radius 2 is 1.92 bits per heavy atom. The van der Waals surface area contributed by atoms with E-state index in [1.807, 2.05) is 19.1 Å². The van der Waals surface area contributed by atoms with E-state index in [1.54, 1.807) is 0 Å². The van der Waals surface area contributed by atoms with Crippen molar-refractivity contribution in [3.05, 3.63) is 25.3 Å². The fraction of sp³-hybridized carbons (Fsp3) is 0.600. The summed E-state index contributed by atoms with van der Waals surface area (Å²) in [5.74, 6) is 0.502. The van der Waals surface area contributed by atoms with Crippen molar-refractivity contribution in [3.8, 4) is 0 Å². The monoisotopic (exact) mass is 168 g/mol. The SMILES string of the molecule is C=CC1C(C=C)[C@@H](CO)O[C@H]1C. The molecule has 4 atom stereocenters. The van der Waals surface area contributed by atoms with Crippen molar-refractivity contribution in [1.82, 2.24) is 0 Å². The molecule has 0 amide bonds. The average molecular weight is 168 g/mol. The highest BCUT2D eigenvalue weighted by Crippen LogP contribution is 2.33. The molecule has 12 heavy (non-hydrogen) atoms. The lowest BCUT2D eigenvalue weighted by molar-refractivity contribution is 0.00988. The molecule has 1 fully saturated rings. The third kappa shape index (κ3) is 1.45. The second kappa shape index (κ2) is 3.87. The standard InChI is InChI=1S/C10H16O2/c1-4-8-7(3)12-10(6-11)9(8)5-2/h4-5,7-11H,1-2,6H2,3H3/t7-,8?,9?,10+/m0/s1. The maximum Gasteiger partial charge on any atom is 0.0878 e. The number of aliphatic hydroxyl groups is 1. The Hall–Kier alpha value is -0.600. The van der Waals surface area contributed by atoms with Gasteiger partial charge in [-0.1, -0.05) is 12.2 Å². The summed E-state index contributed by atoms with van der Waals surface area (Å²) in [5, 5.41) is 8.99. The van der Waals surface area contributed by atoms with Gasteiger partial charge in [-0.25, -0.2) is 0 Å². The van der Waals surface area contributed by atoms with Crippen LogP contribution in [0.3, 0.4) is 0 Å². The van der Waals surface area contributed by atoms with Gasteiger partial charge in [0, 0.05) is 11.8 Å². The summed E-state index contributed by atoms with van der Waals surface area (Å²) >= 11 is 0. The molecule has 0 aliphatic carbocycles. The van der Waals surface area contributed by atoms with Gasteiger partial charge in [0.1, 0.15) is 0 Å². The van der Waals surface area contributed by atoms with Crippen molar-refractivity contribution in [1.29, 1.82) is 0 Å². The minimum Gasteiger partial charge on any atom is -0.394 e. The van der Waals surface area contributed by atoms with Gasteiger partial charge in [0.2, 0.25) is 0 Å². The molecule has 0 bridgehead atoms. The molecule has 0 radical (unpaired) electrons. The average Bonchev–Trinajstić information content (AvgIpc) is 2.40. The van der Waals surface area contributed by atoms with Crippen molar-refractivity contribution >= 4 is 0 Å². The lowest BCUT2D eigenvalue weighted by Crippen LogP contribution is -2.21. The zero-order valence-electron chi connectivity index (χ0n) is 7.44. The molecule has 1 heterocycles. The molecule has 2 heteroatoms. The smallest absolute Gasteiger partial charge is 0.0878 e. The molecule has 0 aromatic rings. The zero-order valence-corrected chi connectivity index (χ0v) is 7.44. The highest BCUT2D eigenvalue weighted by molar-refractivity contribution is 5.03. The summed E-state index contributed by atoms with van der Waals surface area (Å²) in [6, 6.07) is 0. The third-order valence-corrected chi connectivity index (χ3v) is 2.53. The van der Waals surface area contributed by atoms with Gasteiger partial charge in [0.15, 0.2) is 0 Å². The molecular weight excluding hydrogens is 152 g/mol. The Morgan fingerprint density at radius 1 is 1.33 bits per heavy atom. The van der Waals surface area contributed by atoms with Crippen LogP contribution in [0.15, 0.2) is 25.3 Å². The van der Waals surface area contributed by atoms with E-state index in [4.69, 9.17) is 9.84 Å². The third-order valence-electron chi connectivity index (χ3n) is 2.53. The van der Waals surface area contributed by atoms with Gasteiger partial charge in [-0.3, -0.25) is 0 Å². The lowest BCUT2D eigenvalue weighted by Gasteiger charge is -2.14. The molecule has 2 nitrogen and oxygen atoms in total. The van der Waals surface area contributed by atoms with E-state index in [-0.39, 0.29) is 24.7 Å². The second-order valence-corrected chi connectivity index (χ2v) is 3.19. The van der Waals surface area contributed by atoms with Crippen molar-refractivity contribution < 1.29 is 9.84 Å². The van der Waals surface area contributed by atoms with Crippen LogP contribution >= 0.6 is 0 Å². The molecule has 1 aliphatic rings. The molecule has 68 valence electrons. The Kier molecular flexibility index (Phi) is 3.06. The van der Waals surface area contributed by atoms with Crippen LogP contribution in [0.4, 0.5) is 0 Å². The Labute approximate surface area is 73.5 Å². The number of ether oxygens (including phenoxy) is 1. The second-order valence-electron chi connectivity index (χ2n) is 3.19. The predicted octanol–water partition coefficient (Wildman–Crippen LogP) is 1.37. The highest BCUT2D eigenvalue weighted by atomic mass is 16.5. The van der Waals surface area contributed by atoms with Crippen molar-refractivity contribution in [2.24, 2.45) is 11.8 Å². The minimum atomic E-state index is -0.0968. The normalized spacial score (nSPS) is 41.2. The van der Waals surface area contributed by atoms with Crippen LogP contribution in [-0.4, -0.2) is 23.9 Å². The van der Waals surface area contributed by atoms with Crippen LogP contribution in [0.25, 0.3) is 0 Å². The Morgan fingerprint density at radius 3 is 2.33 bits per heavy atom. The quantitative estimate of drug-likeness (QED) is 0.645. The molecular formula is C10H16O2. The Bertz CT molecular complexity index is 177. The van der Waals surface area contributed by atoms with Crippen molar-refractivity contribution in [2.45, 2.75) is 19.1 Å². The summed E-state index contributed by atoms with van der Waals surface area (Å²) in [5.41, 5.74) is 0. The first-order valence-electron chi connectivity index (χ1n) is 4.26. The highest BCUT2D eigenvalue weighted by Gasteiger charge is 2.37. The summed E-state index contributed by atoms with van der Waals surface area (Å²) < 4.78 is 5.52. The molecule has 1 N–H and O–H groups in total. The molecule has 2 unspecified atom stereocenters. The summed E-state index contributed by atoms with van der Waals surface area (Å²) in [7, 11) is 0. The van der Waals surface area contributed by atoms with E-state index < -0.39 is 0 Å². The van der Waals surface area contributed by atoms with Gasteiger partial charge in [-0.2, -0.15) is 0 Å². The van der Waals surface area contributed by atoms with Crippen LogP contribution in [0.5, 0.6) is 0 Å². The molecule has 1 aliphatic heterocycles. The van der Waals surface area contributed by atoms with Gasteiger partial charge >= 0.3 is 0 Å². The van der Waals surface area contributed by atoms with Crippen LogP contribution in [0.1, 0.15) is 6.92 Å². The molecule has 0 spiro atoms. The van der Waals surface area contributed by atoms with Crippen molar-refractivity contribution in [3.63, 3.8) is 0 Å². The van der Waals surface area contributed by atoms with E-state index in [0.29, 0.717) is 5.92 Å². The molecule has 0 saturated carbocycles. The molecule has 1 saturated heterocycles. The van der Waals surface area contributed by atoms with Gasteiger partial charge in [0.25, 0.3) is 0 Å². The first-order valence-corrected chi connectivity index (χ1v) is 4.26. The fourth-order valence-electron chi connectivity index (χ4n) is 1.84. The minimum absolute atomic E-state index is 0.0609. The van der Waals surface area contributed by atoms with Crippen LogP contribution in [0, 0.1) is 11.8 Å². The van der Waals surface area contributed by atoms with E-state index in [0.717, 1.165) is 0 Å².